The maximum atomic E-state index is 12.7. The average Bonchev–Trinajstić information content (AvgIpc) is 3.20. The Morgan fingerprint density at radius 2 is 2.07 bits per heavy atom. The Bertz CT molecular complexity index is 1000. The molecule has 0 saturated carbocycles. The number of carbonyl (C=O) groups excluding carboxylic acids is 1. The Labute approximate surface area is 175 Å². The number of aryl methyl sites for hydroxylation is 1. The second-order valence-corrected chi connectivity index (χ2v) is 8.93. The summed E-state index contributed by atoms with van der Waals surface area (Å²) < 4.78 is 38.6. The van der Waals surface area contributed by atoms with Crippen molar-refractivity contribution in [3.8, 4) is 5.75 Å². The van der Waals surface area contributed by atoms with E-state index in [0.717, 1.165) is 18.4 Å². The van der Waals surface area contributed by atoms with Gasteiger partial charge in [0.25, 0.3) is 5.91 Å². The van der Waals surface area contributed by atoms with E-state index in [-0.39, 0.29) is 28.1 Å². The molecule has 2 aromatic carbocycles. The van der Waals surface area contributed by atoms with Crippen molar-refractivity contribution in [2.45, 2.75) is 30.8 Å². The monoisotopic (exact) mass is 438 g/mol. The van der Waals surface area contributed by atoms with Gasteiger partial charge in [-0.15, -0.1) is 0 Å². The topological polar surface area (TPSA) is 93.7 Å². The molecule has 29 heavy (non-hydrogen) atoms. The minimum atomic E-state index is -3.89. The molecule has 3 rings (SSSR count). The van der Waals surface area contributed by atoms with Crippen molar-refractivity contribution in [2.24, 2.45) is 0 Å². The average molecular weight is 439 g/mol. The molecule has 156 valence electrons. The third kappa shape index (κ3) is 5.27. The lowest BCUT2D eigenvalue weighted by atomic mass is 10.1. The van der Waals surface area contributed by atoms with Crippen LogP contribution in [0.3, 0.4) is 0 Å². The lowest BCUT2D eigenvalue weighted by Crippen LogP contribution is -2.32. The Hall–Kier alpha value is -2.13. The number of amides is 1. The molecule has 1 aliphatic rings. The van der Waals surface area contributed by atoms with E-state index < -0.39 is 15.9 Å². The smallest absolute Gasteiger partial charge is 0.255 e. The van der Waals surface area contributed by atoms with Crippen LogP contribution in [0.25, 0.3) is 0 Å². The van der Waals surface area contributed by atoms with E-state index in [1.807, 2.05) is 13.0 Å². The number of hydrogen-bond acceptors (Lipinski definition) is 5. The largest absolute Gasteiger partial charge is 0.495 e. The maximum absolute atomic E-state index is 12.7. The molecule has 0 bridgehead atoms. The number of anilines is 1. The summed E-state index contributed by atoms with van der Waals surface area (Å²) in [4.78, 5) is 12.6. The molecule has 0 radical (unpaired) electrons. The van der Waals surface area contributed by atoms with Gasteiger partial charge in [0.05, 0.1) is 23.9 Å². The zero-order valence-corrected chi connectivity index (χ0v) is 17.8. The van der Waals surface area contributed by atoms with Gasteiger partial charge in [0.1, 0.15) is 10.6 Å². The second-order valence-electron chi connectivity index (χ2n) is 6.79. The third-order valence-electron chi connectivity index (χ3n) is 4.61. The normalized spacial score (nSPS) is 16.6. The zero-order valence-electron chi connectivity index (χ0n) is 16.2. The van der Waals surface area contributed by atoms with Gasteiger partial charge >= 0.3 is 0 Å². The van der Waals surface area contributed by atoms with Crippen molar-refractivity contribution < 1.29 is 22.7 Å². The van der Waals surface area contributed by atoms with Gasteiger partial charge in [-0.25, -0.2) is 13.1 Å². The molecular weight excluding hydrogens is 416 g/mol. The number of halogens is 1. The van der Waals surface area contributed by atoms with E-state index >= 15 is 0 Å². The van der Waals surface area contributed by atoms with E-state index in [4.69, 9.17) is 21.1 Å². The Morgan fingerprint density at radius 3 is 2.76 bits per heavy atom. The van der Waals surface area contributed by atoms with Crippen LogP contribution in [0.4, 0.5) is 5.69 Å². The van der Waals surface area contributed by atoms with Gasteiger partial charge in [0, 0.05) is 18.7 Å². The summed E-state index contributed by atoms with van der Waals surface area (Å²) in [5.74, 6) is 0.0325. The Balaban J connectivity index is 1.80. The van der Waals surface area contributed by atoms with Crippen molar-refractivity contribution in [3.05, 3.63) is 52.5 Å². The molecule has 1 atom stereocenters. The van der Waals surface area contributed by atoms with Gasteiger partial charge in [0.15, 0.2) is 0 Å². The number of nitrogens with one attached hydrogen (secondary N) is 2. The maximum Gasteiger partial charge on any atom is 0.255 e. The number of hydrogen-bond donors (Lipinski definition) is 2. The van der Waals surface area contributed by atoms with Crippen LogP contribution in [0.5, 0.6) is 5.75 Å². The lowest BCUT2D eigenvalue weighted by Gasteiger charge is -2.14. The molecule has 1 aliphatic heterocycles. The molecule has 1 amide bonds. The van der Waals surface area contributed by atoms with Crippen LogP contribution in [0, 0.1) is 6.92 Å². The van der Waals surface area contributed by atoms with Crippen LogP contribution in [-0.4, -0.2) is 40.7 Å². The molecular formula is C20H23ClN2O5S. The zero-order chi connectivity index (χ0) is 21.0. The summed E-state index contributed by atoms with van der Waals surface area (Å²) in [6, 6.07) is 9.51. The van der Waals surface area contributed by atoms with Crippen LogP contribution < -0.4 is 14.8 Å². The van der Waals surface area contributed by atoms with E-state index in [0.29, 0.717) is 18.0 Å². The molecule has 2 aromatic rings. The molecule has 0 aliphatic carbocycles. The molecule has 2 N–H and O–H groups in total. The SMILES string of the molecule is COc1ccc(C)cc1NC(=O)c1ccc(Cl)c(S(=O)(=O)NC[C@H]2CCCO2)c1. The first-order valence-corrected chi connectivity index (χ1v) is 11.0. The van der Waals surface area contributed by atoms with Crippen LogP contribution in [0.1, 0.15) is 28.8 Å². The van der Waals surface area contributed by atoms with Crippen LogP contribution in [-0.2, 0) is 14.8 Å². The lowest BCUT2D eigenvalue weighted by molar-refractivity contribution is 0.102. The van der Waals surface area contributed by atoms with Gasteiger partial charge in [-0.2, -0.15) is 0 Å². The van der Waals surface area contributed by atoms with Crippen molar-refractivity contribution in [1.82, 2.24) is 4.72 Å². The highest BCUT2D eigenvalue weighted by molar-refractivity contribution is 7.89. The van der Waals surface area contributed by atoms with Crippen LogP contribution in [0.15, 0.2) is 41.3 Å². The van der Waals surface area contributed by atoms with Gasteiger partial charge < -0.3 is 14.8 Å². The second kappa shape index (κ2) is 9.13. The predicted octanol–water partition coefficient (Wildman–Crippen LogP) is 3.37. The summed E-state index contributed by atoms with van der Waals surface area (Å²) in [5, 5.41) is 2.79. The Morgan fingerprint density at radius 1 is 1.28 bits per heavy atom. The number of ether oxygens (including phenoxy) is 2. The first-order valence-electron chi connectivity index (χ1n) is 9.17. The predicted molar refractivity (Wildman–Crippen MR) is 111 cm³/mol. The minimum absolute atomic E-state index is 0.0366. The fourth-order valence-electron chi connectivity index (χ4n) is 3.05. The molecule has 0 aromatic heterocycles. The minimum Gasteiger partial charge on any atom is -0.495 e. The molecule has 1 saturated heterocycles. The standard InChI is InChI=1S/C20H23ClN2O5S/c1-13-5-8-18(27-2)17(10-13)23-20(24)14-6-7-16(21)19(11-14)29(25,26)22-12-15-4-3-9-28-15/h5-8,10-11,15,22H,3-4,9,12H2,1-2H3,(H,23,24)/t15-/m1/s1. The van der Waals surface area contributed by atoms with Crippen molar-refractivity contribution in [2.75, 3.05) is 25.6 Å². The highest BCUT2D eigenvalue weighted by Gasteiger charge is 2.23. The third-order valence-corrected chi connectivity index (χ3v) is 6.52. The van der Waals surface area contributed by atoms with Crippen molar-refractivity contribution in [1.29, 1.82) is 0 Å². The van der Waals surface area contributed by atoms with E-state index in [1.165, 1.54) is 25.3 Å². The highest BCUT2D eigenvalue weighted by Crippen LogP contribution is 2.27. The number of sulfonamides is 1. The number of methoxy groups -OCH3 is 1. The molecule has 1 heterocycles. The molecule has 9 heteroatoms. The summed E-state index contributed by atoms with van der Waals surface area (Å²) in [7, 11) is -2.39. The first-order chi connectivity index (χ1) is 13.8. The van der Waals surface area contributed by atoms with Gasteiger partial charge in [-0.1, -0.05) is 17.7 Å². The first kappa shape index (κ1) is 21.6. The summed E-state index contributed by atoms with van der Waals surface area (Å²) in [5.41, 5.74) is 1.60. The van der Waals surface area contributed by atoms with Crippen molar-refractivity contribution >= 4 is 33.2 Å². The van der Waals surface area contributed by atoms with Gasteiger partial charge in [0.2, 0.25) is 10.0 Å². The number of rotatable bonds is 7. The van der Waals surface area contributed by atoms with Crippen LogP contribution in [0.2, 0.25) is 5.02 Å². The van der Waals surface area contributed by atoms with Gasteiger partial charge in [-0.3, -0.25) is 4.79 Å². The molecule has 0 unspecified atom stereocenters. The molecule has 7 nitrogen and oxygen atoms in total. The quantitative estimate of drug-likeness (QED) is 0.691. The van der Waals surface area contributed by atoms with Gasteiger partial charge in [-0.05, 0) is 55.7 Å². The van der Waals surface area contributed by atoms with E-state index in [2.05, 4.69) is 10.0 Å². The Kier molecular flexibility index (Phi) is 6.79. The fraction of sp³-hybridized carbons (Fsp3) is 0.350. The number of benzene rings is 2. The van der Waals surface area contributed by atoms with E-state index in [9.17, 15) is 13.2 Å². The van der Waals surface area contributed by atoms with Crippen LogP contribution >= 0.6 is 11.6 Å². The molecule has 1 fully saturated rings. The fourth-order valence-corrected chi connectivity index (χ4v) is 4.64. The molecule has 0 spiro atoms. The summed E-state index contributed by atoms with van der Waals surface area (Å²) in [6.45, 7) is 2.68. The number of carbonyl (C=O) groups is 1. The van der Waals surface area contributed by atoms with E-state index in [1.54, 1.807) is 12.1 Å². The highest BCUT2D eigenvalue weighted by atomic mass is 35.5. The van der Waals surface area contributed by atoms with Crippen molar-refractivity contribution in [3.63, 3.8) is 0 Å². The summed E-state index contributed by atoms with van der Waals surface area (Å²) in [6.07, 6.45) is 1.56. The summed E-state index contributed by atoms with van der Waals surface area (Å²) >= 11 is 6.11.